The van der Waals surface area contributed by atoms with Crippen molar-refractivity contribution in [3.63, 3.8) is 0 Å². The Labute approximate surface area is 138 Å². The first-order valence-corrected chi connectivity index (χ1v) is 7.58. The maximum Gasteiger partial charge on any atom is 0.403 e. The van der Waals surface area contributed by atoms with Crippen LogP contribution >= 0.6 is 81.4 Å². The minimum absolute atomic E-state index is 0.102. The van der Waals surface area contributed by atoms with Crippen LogP contribution in [0.5, 0.6) is 0 Å². The monoisotopic (exact) mass is 386 g/mol. The smallest absolute Gasteiger partial charge is 0.403 e. The summed E-state index contributed by atoms with van der Waals surface area (Å²) in [7, 11) is 0. The summed E-state index contributed by atoms with van der Waals surface area (Å²) in [5, 5.41) is 0.774. The number of hydrogen-bond acceptors (Lipinski definition) is 3. The molecule has 18 heavy (non-hydrogen) atoms. The number of carbonyl (C=O) groups excluding carboxylic acids is 1. The van der Waals surface area contributed by atoms with E-state index in [-0.39, 0.29) is 31.7 Å². The Morgan fingerprint density at radius 2 is 1.39 bits per heavy atom. The molecule has 1 aromatic carbocycles. The molecule has 0 saturated carbocycles. The Morgan fingerprint density at radius 1 is 0.944 bits per heavy atom. The maximum atomic E-state index is 10.4. The second-order valence-electron chi connectivity index (χ2n) is 2.83. The highest BCUT2D eigenvalue weighted by atomic mass is 35.5. The minimum Gasteiger partial charge on any atom is -0.453 e. The Morgan fingerprint density at radius 3 is 1.83 bits per heavy atom. The van der Waals surface area contributed by atoms with E-state index in [0.717, 1.165) is 0 Å². The molecule has 1 aromatic rings. The highest BCUT2D eigenvalue weighted by Gasteiger charge is 2.19. The molecule has 0 fully saturated rings. The molecule has 0 aromatic heterocycles. The van der Waals surface area contributed by atoms with Gasteiger partial charge in [0.2, 0.25) is 0 Å². The van der Waals surface area contributed by atoms with Gasteiger partial charge in [-0.25, -0.2) is 4.79 Å². The first-order chi connectivity index (χ1) is 8.36. The zero-order chi connectivity index (χ0) is 13.9. The van der Waals surface area contributed by atoms with Crippen LogP contribution in [-0.2, 0) is 4.74 Å². The zero-order valence-corrected chi connectivity index (χ0v) is 13.8. The molecule has 100 valence electrons. The summed E-state index contributed by atoms with van der Waals surface area (Å²) < 4.78 is 4.56. The Kier molecular flexibility index (Phi) is 7.04. The van der Waals surface area contributed by atoms with E-state index in [1.807, 2.05) is 0 Å². The lowest BCUT2D eigenvalue weighted by atomic mass is 10.3. The van der Waals surface area contributed by atoms with E-state index in [1.54, 1.807) is 0 Å². The minimum atomic E-state index is -0.875. The molecule has 0 aliphatic rings. The molecule has 0 spiro atoms. The normalized spacial score (nSPS) is 10.6. The molecule has 0 unspecified atom stereocenters. The Balaban J connectivity index is 2.86. The second-order valence-corrected chi connectivity index (χ2v) is 6.14. The quantitative estimate of drug-likeness (QED) is 0.196. The molecule has 2 nitrogen and oxygen atoms in total. The Hall–Kier alpha value is 0.780. The van der Waals surface area contributed by atoms with Gasteiger partial charge in [0, 0.05) is 22.2 Å². The molecule has 0 amide bonds. The first-order valence-electron chi connectivity index (χ1n) is 4.32. The van der Waals surface area contributed by atoms with Gasteiger partial charge in [-0.3, -0.25) is 0 Å². The van der Waals surface area contributed by atoms with Crippen molar-refractivity contribution in [2.24, 2.45) is 0 Å². The van der Waals surface area contributed by atoms with E-state index < -0.39 is 5.43 Å². The molecular formula is C9H4Cl6O2S. The number of rotatable bonds is 4. The van der Waals surface area contributed by atoms with E-state index in [2.05, 4.69) is 4.74 Å². The van der Waals surface area contributed by atoms with Gasteiger partial charge in [0.15, 0.2) is 0 Å². The summed E-state index contributed by atoms with van der Waals surface area (Å²) in [6.45, 7) is 0.109. The lowest BCUT2D eigenvalue weighted by molar-refractivity contribution is 0.181. The second kappa shape index (κ2) is 7.53. The standard InChI is InChI=1S/C9H4Cl6O2S/c10-3-4(11)6(13)8(7(14)5(3)12)18-2-1-17-9(15)16/h1-2H2. The molecule has 1 rings (SSSR count). The number of thioether (sulfide) groups is 1. The average molecular weight is 389 g/mol. The predicted molar refractivity (Wildman–Crippen MR) is 79.4 cm³/mol. The van der Waals surface area contributed by atoms with Crippen molar-refractivity contribution in [1.29, 1.82) is 0 Å². The van der Waals surface area contributed by atoms with Crippen molar-refractivity contribution in [1.82, 2.24) is 0 Å². The van der Waals surface area contributed by atoms with Gasteiger partial charge in [-0.1, -0.05) is 58.0 Å². The van der Waals surface area contributed by atoms with Crippen LogP contribution in [0.2, 0.25) is 25.1 Å². The van der Waals surface area contributed by atoms with Crippen LogP contribution in [0.25, 0.3) is 0 Å². The van der Waals surface area contributed by atoms with Gasteiger partial charge in [0.1, 0.15) is 6.61 Å². The highest BCUT2D eigenvalue weighted by molar-refractivity contribution is 7.99. The van der Waals surface area contributed by atoms with Crippen molar-refractivity contribution in [3.8, 4) is 0 Å². The molecule has 0 heterocycles. The number of benzene rings is 1. The van der Waals surface area contributed by atoms with E-state index in [9.17, 15) is 4.79 Å². The van der Waals surface area contributed by atoms with E-state index in [0.29, 0.717) is 10.6 Å². The lowest BCUT2D eigenvalue weighted by Gasteiger charge is -2.11. The van der Waals surface area contributed by atoms with Crippen LogP contribution in [0.15, 0.2) is 4.90 Å². The molecule has 0 aliphatic carbocycles. The van der Waals surface area contributed by atoms with Crippen molar-refractivity contribution >= 4 is 86.8 Å². The molecule has 0 aliphatic heterocycles. The topological polar surface area (TPSA) is 26.3 Å². The van der Waals surface area contributed by atoms with Crippen molar-refractivity contribution < 1.29 is 9.53 Å². The fourth-order valence-electron chi connectivity index (χ4n) is 0.977. The van der Waals surface area contributed by atoms with Gasteiger partial charge in [0.25, 0.3) is 0 Å². The van der Waals surface area contributed by atoms with Crippen LogP contribution in [0, 0.1) is 0 Å². The summed E-state index contributed by atoms with van der Waals surface area (Å²) >= 11 is 35.9. The molecular weight excluding hydrogens is 385 g/mol. The van der Waals surface area contributed by atoms with Crippen LogP contribution in [0.1, 0.15) is 0 Å². The van der Waals surface area contributed by atoms with Crippen LogP contribution in [-0.4, -0.2) is 17.8 Å². The molecule has 0 bridgehead atoms. The van der Waals surface area contributed by atoms with Gasteiger partial charge in [0.05, 0.1) is 25.1 Å². The molecule has 0 N–H and O–H groups in total. The van der Waals surface area contributed by atoms with Crippen molar-refractivity contribution in [3.05, 3.63) is 25.1 Å². The summed E-state index contributed by atoms with van der Waals surface area (Å²) in [5.74, 6) is 0.395. The SMILES string of the molecule is O=C(Cl)OCCSc1c(Cl)c(Cl)c(Cl)c(Cl)c1Cl. The fraction of sp³-hybridized carbons (Fsp3) is 0.222. The highest BCUT2D eigenvalue weighted by Crippen LogP contribution is 2.47. The largest absolute Gasteiger partial charge is 0.453 e. The fourth-order valence-corrected chi connectivity index (χ4v) is 3.46. The predicted octanol–water partition coefficient (Wildman–Crippen LogP) is 6.42. The number of carbonyl (C=O) groups is 1. The van der Waals surface area contributed by atoms with Gasteiger partial charge >= 0.3 is 5.43 Å². The van der Waals surface area contributed by atoms with Crippen LogP contribution < -0.4 is 0 Å². The first kappa shape index (κ1) is 16.8. The van der Waals surface area contributed by atoms with E-state index >= 15 is 0 Å². The lowest BCUT2D eigenvalue weighted by Crippen LogP contribution is -1.99. The van der Waals surface area contributed by atoms with Crippen molar-refractivity contribution in [2.75, 3.05) is 12.4 Å². The van der Waals surface area contributed by atoms with E-state index in [1.165, 1.54) is 11.8 Å². The summed E-state index contributed by atoms with van der Waals surface area (Å²) in [5.41, 5.74) is -0.875. The van der Waals surface area contributed by atoms with Gasteiger partial charge in [-0.05, 0) is 0 Å². The molecule has 9 heteroatoms. The van der Waals surface area contributed by atoms with Crippen molar-refractivity contribution in [2.45, 2.75) is 4.90 Å². The Bertz CT molecular complexity index is 450. The van der Waals surface area contributed by atoms with Crippen LogP contribution in [0.4, 0.5) is 4.79 Å². The average Bonchev–Trinajstić information content (AvgIpc) is 2.32. The van der Waals surface area contributed by atoms with Gasteiger partial charge in [-0.2, -0.15) is 0 Å². The number of hydrogen-bond donors (Lipinski definition) is 0. The summed E-state index contributed by atoms with van der Waals surface area (Å²) in [4.78, 5) is 10.8. The van der Waals surface area contributed by atoms with Gasteiger partial charge in [-0.15, -0.1) is 11.8 Å². The third-order valence-corrected chi connectivity index (χ3v) is 5.39. The van der Waals surface area contributed by atoms with E-state index in [4.69, 9.17) is 69.6 Å². The summed E-state index contributed by atoms with van der Waals surface area (Å²) in [6, 6.07) is 0. The van der Waals surface area contributed by atoms with Gasteiger partial charge < -0.3 is 4.74 Å². The third kappa shape index (κ3) is 4.14. The molecule has 0 radical (unpaired) electrons. The molecule has 0 atom stereocenters. The summed E-state index contributed by atoms with van der Waals surface area (Å²) in [6.07, 6.45) is 0. The maximum absolute atomic E-state index is 10.4. The van der Waals surface area contributed by atoms with Crippen LogP contribution in [0.3, 0.4) is 0 Å². The zero-order valence-electron chi connectivity index (χ0n) is 8.41. The number of halogens is 6. The third-order valence-electron chi connectivity index (χ3n) is 1.71. The molecule has 0 saturated heterocycles. The number of ether oxygens (including phenoxy) is 1.